The number of methoxy groups -OCH3 is 1. The third kappa shape index (κ3) is 6.01. The first kappa shape index (κ1) is 20.8. The zero-order valence-corrected chi connectivity index (χ0v) is 15.7. The molecule has 0 saturated heterocycles. The number of hydrazine groups is 1. The second-order valence-corrected chi connectivity index (χ2v) is 5.66. The molecule has 0 aliphatic carbocycles. The van der Waals surface area contributed by atoms with Crippen LogP contribution in [0.15, 0.2) is 48.5 Å². The van der Waals surface area contributed by atoms with E-state index in [0.29, 0.717) is 23.7 Å². The highest BCUT2D eigenvalue weighted by molar-refractivity contribution is 5.96. The van der Waals surface area contributed by atoms with Crippen molar-refractivity contribution in [2.24, 2.45) is 0 Å². The number of rotatable bonds is 8. The minimum Gasteiger partial charge on any atom is -0.493 e. The Kier molecular flexibility index (Phi) is 7.83. The van der Waals surface area contributed by atoms with E-state index >= 15 is 0 Å². The van der Waals surface area contributed by atoms with Crippen molar-refractivity contribution in [2.45, 2.75) is 13.3 Å². The normalized spacial score (nSPS) is 9.93. The summed E-state index contributed by atoms with van der Waals surface area (Å²) in [7, 11) is 1.46. The van der Waals surface area contributed by atoms with Gasteiger partial charge in [-0.05, 0) is 36.8 Å². The van der Waals surface area contributed by atoms with Gasteiger partial charge >= 0.3 is 5.97 Å². The third-order valence-electron chi connectivity index (χ3n) is 3.55. The average molecular weight is 386 g/mol. The summed E-state index contributed by atoms with van der Waals surface area (Å²) in [6.07, 6.45) is 0.836. The molecule has 0 radical (unpaired) electrons. The summed E-state index contributed by atoms with van der Waals surface area (Å²) in [5.74, 6) is -0.949. The van der Waals surface area contributed by atoms with Crippen LogP contribution in [0.2, 0.25) is 0 Å². The lowest BCUT2D eigenvalue weighted by Crippen LogP contribution is -2.43. The van der Waals surface area contributed by atoms with Crippen LogP contribution in [0.4, 0.5) is 0 Å². The fourth-order valence-electron chi connectivity index (χ4n) is 2.16. The van der Waals surface area contributed by atoms with Gasteiger partial charge in [-0.15, -0.1) is 0 Å². The van der Waals surface area contributed by atoms with Gasteiger partial charge in [0.1, 0.15) is 0 Å². The number of benzene rings is 2. The van der Waals surface area contributed by atoms with Crippen molar-refractivity contribution in [3.63, 3.8) is 0 Å². The van der Waals surface area contributed by atoms with Crippen molar-refractivity contribution >= 4 is 17.8 Å². The Morgan fingerprint density at radius 3 is 2.36 bits per heavy atom. The first-order valence-electron chi connectivity index (χ1n) is 8.67. The van der Waals surface area contributed by atoms with E-state index in [9.17, 15) is 14.4 Å². The number of esters is 1. The Morgan fingerprint density at radius 1 is 0.929 bits per heavy atom. The molecule has 0 bridgehead atoms. The van der Waals surface area contributed by atoms with Crippen LogP contribution in [0.25, 0.3) is 0 Å². The molecule has 2 N–H and O–H groups in total. The van der Waals surface area contributed by atoms with E-state index < -0.39 is 24.4 Å². The second-order valence-electron chi connectivity index (χ2n) is 5.66. The molecule has 0 aliphatic heterocycles. The number of nitrogens with one attached hydrogen (secondary N) is 2. The fraction of sp³-hybridized carbons (Fsp3) is 0.250. The van der Waals surface area contributed by atoms with Gasteiger partial charge < -0.3 is 14.2 Å². The molecule has 0 fully saturated rings. The molecule has 0 saturated carbocycles. The first-order valence-corrected chi connectivity index (χ1v) is 8.67. The summed E-state index contributed by atoms with van der Waals surface area (Å²) in [5, 5.41) is 0. The molecule has 2 amide bonds. The second kappa shape index (κ2) is 10.6. The largest absolute Gasteiger partial charge is 0.493 e. The highest BCUT2D eigenvalue weighted by atomic mass is 16.5. The molecule has 0 spiro atoms. The zero-order valence-electron chi connectivity index (χ0n) is 15.7. The molecule has 8 heteroatoms. The molecule has 2 aromatic carbocycles. The van der Waals surface area contributed by atoms with Crippen LogP contribution in [0.5, 0.6) is 11.5 Å². The molecule has 2 aromatic rings. The van der Waals surface area contributed by atoms with Crippen molar-refractivity contribution in [3.8, 4) is 11.5 Å². The molecule has 2 rings (SSSR count). The molecule has 0 aromatic heterocycles. The predicted molar refractivity (Wildman–Crippen MR) is 101 cm³/mol. The Morgan fingerprint density at radius 2 is 1.68 bits per heavy atom. The van der Waals surface area contributed by atoms with Crippen LogP contribution in [-0.2, 0) is 9.53 Å². The lowest BCUT2D eigenvalue weighted by molar-refractivity contribution is -0.125. The van der Waals surface area contributed by atoms with Gasteiger partial charge in [0.2, 0.25) is 0 Å². The summed E-state index contributed by atoms with van der Waals surface area (Å²) in [6, 6.07) is 13.0. The van der Waals surface area contributed by atoms with E-state index in [2.05, 4.69) is 10.9 Å². The van der Waals surface area contributed by atoms with Gasteiger partial charge in [-0.1, -0.05) is 25.1 Å². The van der Waals surface area contributed by atoms with Gasteiger partial charge in [0.25, 0.3) is 11.8 Å². The molecule has 28 heavy (non-hydrogen) atoms. The van der Waals surface area contributed by atoms with Crippen molar-refractivity contribution in [1.29, 1.82) is 0 Å². The Balaban J connectivity index is 1.84. The maximum Gasteiger partial charge on any atom is 0.338 e. The standard InChI is InChI=1S/C20H22N2O6/c1-3-11-27-16-10-9-15(12-17(16)26-2)20(25)28-13-18(23)21-22-19(24)14-7-5-4-6-8-14/h4-10,12H,3,11,13H2,1-2H3,(H,21,23)(H,22,24). The Bertz CT molecular complexity index is 823. The van der Waals surface area contributed by atoms with E-state index in [1.165, 1.54) is 19.2 Å². The zero-order chi connectivity index (χ0) is 20.4. The van der Waals surface area contributed by atoms with Gasteiger partial charge in [-0.25, -0.2) is 4.79 Å². The molecular weight excluding hydrogens is 364 g/mol. The molecule has 0 atom stereocenters. The van der Waals surface area contributed by atoms with Gasteiger partial charge in [0.15, 0.2) is 18.1 Å². The number of hydrogen-bond donors (Lipinski definition) is 2. The van der Waals surface area contributed by atoms with Crippen molar-refractivity contribution < 1.29 is 28.6 Å². The van der Waals surface area contributed by atoms with Crippen molar-refractivity contribution in [2.75, 3.05) is 20.3 Å². The molecule has 8 nitrogen and oxygen atoms in total. The maximum absolute atomic E-state index is 12.1. The SMILES string of the molecule is CCCOc1ccc(C(=O)OCC(=O)NNC(=O)c2ccccc2)cc1OC. The average Bonchev–Trinajstić information content (AvgIpc) is 2.74. The summed E-state index contributed by atoms with van der Waals surface area (Å²) in [5.41, 5.74) is 5.02. The number of carbonyl (C=O) groups excluding carboxylic acids is 3. The third-order valence-corrected chi connectivity index (χ3v) is 3.55. The van der Waals surface area contributed by atoms with Crippen LogP contribution in [-0.4, -0.2) is 38.1 Å². The Labute approximate surface area is 162 Å². The van der Waals surface area contributed by atoms with Crippen LogP contribution in [0.1, 0.15) is 34.1 Å². The predicted octanol–water partition coefficient (Wildman–Crippen LogP) is 2.10. The van der Waals surface area contributed by atoms with E-state index in [4.69, 9.17) is 14.2 Å². The minimum absolute atomic E-state index is 0.210. The van der Waals surface area contributed by atoms with Gasteiger partial charge in [0, 0.05) is 5.56 Å². The van der Waals surface area contributed by atoms with E-state index in [-0.39, 0.29) is 5.56 Å². The lowest BCUT2D eigenvalue weighted by atomic mass is 10.2. The number of carbonyl (C=O) groups is 3. The monoisotopic (exact) mass is 386 g/mol. The quantitative estimate of drug-likeness (QED) is 0.532. The summed E-state index contributed by atoms with van der Waals surface area (Å²) < 4.78 is 15.7. The molecule has 0 aliphatic rings. The topological polar surface area (TPSA) is 103 Å². The number of hydrogen-bond acceptors (Lipinski definition) is 6. The highest BCUT2D eigenvalue weighted by Gasteiger charge is 2.14. The number of ether oxygens (including phenoxy) is 3. The van der Waals surface area contributed by atoms with Crippen LogP contribution < -0.4 is 20.3 Å². The summed E-state index contributed by atoms with van der Waals surface area (Å²) in [6.45, 7) is 1.95. The summed E-state index contributed by atoms with van der Waals surface area (Å²) >= 11 is 0. The van der Waals surface area contributed by atoms with E-state index in [1.807, 2.05) is 6.92 Å². The van der Waals surface area contributed by atoms with Crippen LogP contribution >= 0.6 is 0 Å². The van der Waals surface area contributed by atoms with Gasteiger partial charge in [-0.3, -0.25) is 20.4 Å². The lowest BCUT2D eigenvalue weighted by Gasteiger charge is -2.11. The molecular formula is C20H22N2O6. The van der Waals surface area contributed by atoms with Crippen molar-refractivity contribution in [3.05, 3.63) is 59.7 Å². The van der Waals surface area contributed by atoms with Gasteiger partial charge in [-0.2, -0.15) is 0 Å². The fourth-order valence-corrected chi connectivity index (χ4v) is 2.16. The maximum atomic E-state index is 12.1. The number of amides is 2. The van der Waals surface area contributed by atoms with Crippen LogP contribution in [0.3, 0.4) is 0 Å². The minimum atomic E-state index is -0.704. The van der Waals surface area contributed by atoms with Crippen LogP contribution in [0, 0.1) is 0 Å². The highest BCUT2D eigenvalue weighted by Crippen LogP contribution is 2.28. The van der Waals surface area contributed by atoms with E-state index in [0.717, 1.165) is 6.42 Å². The van der Waals surface area contributed by atoms with Crippen molar-refractivity contribution in [1.82, 2.24) is 10.9 Å². The molecule has 0 heterocycles. The summed E-state index contributed by atoms with van der Waals surface area (Å²) in [4.78, 5) is 35.7. The first-order chi connectivity index (χ1) is 13.5. The molecule has 148 valence electrons. The Hall–Kier alpha value is -3.55. The molecule has 0 unspecified atom stereocenters. The van der Waals surface area contributed by atoms with Gasteiger partial charge in [0.05, 0.1) is 19.3 Å². The smallest absolute Gasteiger partial charge is 0.338 e. The van der Waals surface area contributed by atoms with E-state index in [1.54, 1.807) is 36.4 Å².